The highest BCUT2D eigenvalue weighted by atomic mass is 32.1. The zero-order valence-corrected chi connectivity index (χ0v) is 13.7. The van der Waals surface area contributed by atoms with Crippen molar-refractivity contribution in [3.63, 3.8) is 0 Å². The van der Waals surface area contributed by atoms with Gasteiger partial charge in [0.2, 0.25) is 5.91 Å². The van der Waals surface area contributed by atoms with Crippen LogP contribution >= 0.6 is 11.3 Å². The van der Waals surface area contributed by atoms with Crippen LogP contribution in [0.15, 0.2) is 36.4 Å². The molecule has 0 saturated heterocycles. The largest absolute Gasteiger partial charge is 0.491 e. The van der Waals surface area contributed by atoms with Gasteiger partial charge >= 0.3 is 0 Å². The molecule has 2 N–H and O–H groups in total. The van der Waals surface area contributed by atoms with E-state index in [1.165, 1.54) is 4.88 Å². The lowest BCUT2D eigenvalue weighted by molar-refractivity contribution is -0.120. The number of amides is 1. The second-order valence-corrected chi connectivity index (χ2v) is 6.65. The minimum Gasteiger partial charge on any atom is -0.491 e. The number of carbonyl (C=O) groups is 1. The molecule has 5 heteroatoms. The topological polar surface area (TPSA) is 58.6 Å². The lowest BCUT2D eigenvalue weighted by atomic mass is 10.2. The Morgan fingerprint density at radius 2 is 2.14 bits per heavy atom. The number of aryl methyl sites for hydroxylation is 2. The molecule has 1 atom stereocenters. The summed E-state index contributed by atoms with van der Waals surface area (Å²) in [6, 6.07) is 11.6. The summed E-state index contributed by atoms with van der Waals surface area (Å²) in [5.74, 6) is 0.635. The van der Waals surface area contributed by atoms with Crippen molar-refractivity contribution in [3.05, 3.63) is 51.7 Å². The summed E-state index contributed by atoms with van der Waals surface area (Å²) in [5, 5.41) is 12.6. The van der Waals surface area contributed by atoms with E-state index in [0.29, 0.717) is 6.42 Å². The number of aliphatic hydroxyl groups excluding tert-OH is 1. The number of carbonyl (C=O) groups excluding carboxylic acids is 1. The third-order valence-electron chi connectivity index (χ3n) is 3.10. The van der Waals surface area contributed by atoms with Crippen LogP contribution in [0.2, 0.25) is 0 Å². The van der Waals surface area contributed by atoms with Crippen molar-refractivity contribution in [2.75, 3.05) is 13.2 Å². The SMILES string of the molecule is Cc1cccc(OCC(O)CNC(=O)Cc2ccc(C)s2)c1. The molecule has 4 nitrogen and oxygen atoms in total. The zero-order valence-electron chi connectivity index (χ0n) is 12.8. The standard InChI is InChI=1S/C17H21NO3S/c1-12-4-3-5-15(8-12)21-11-14(19)10-18-17(20)9-16-7-6-13(2)22-16/h3-8,14,19H,9-11H2,1-2H3,(H,18,20). The van der Waals surface area contributed by atoms with E-state index in [4.69, 9.17) is 4.74 Å². The lowest BCUT2D eigenvalue weighted by Crippen LogP contribution is -2.35. The molecule has 0 aliphatic rings. The molecule has 0 radical (unpaired) electrons. The van der Waals surface area contributed by atoms with Gasteiger partial charge in [0.05, 0.1) is 6.42 Å². The van der Waals surface area contributed by atoms with Crippen LogP contribution in [-0.4, -0.2) is 30.3 Å². The highest BCUT2D eigenvalue weighted by Crippen LogP contribution is 2.15. The predicted molar refractivity (Wildman–Crippen MR) is 88.5 cm³/mol. The third-order valence-corrected chi connectivity index (χ3v) is 4.10. The molecule has 1 aromatic carbocycles. The second kappa shape index (κ2) is 7.96. The average molecular weight is 319 g/mol. The van der Waals surface area contributed by atoms with Crippen LogP contribution in [0.25, 0.3) is 0 Å². The van der Waals surface area contributed by atoms with Gasteiger partial charge in [-0.3, -0.25) is 4.79 Å². The van der Waals surface area contributed by atoms with Crippen molar-refractivity contribution in [1.82, 2.24) is 5.32 Å². The first-order chi connectivity index (χ1) is 10.5. The number of nitrogens with one attached hydrogen (secondary N) is 1. The number of aliphatic hydroxyl groups is 1. The quantitative estimate of drug-likeness (QED) is 0.824. The van der Waals surface area contributed by atoms with E-state index in [0.717, 1.165) is 16.2 Å². The van der Waals surface area contributed by atoms with Gasteiger partial charge in [-0.2, -0.15) is 0 Å². The third kappa shape index (κ3) is 5.50. The first-order valence-corrected chi connectivity index (χ1v) is 8.04. The van der Waals surface area contributed by atoms with Crippen LogP contribution in [0.4, 0.5) is 0 Å². The van der Waals surface area contributed by atoms with E-state index >= 15 is 0 Å². The Labute approximate surface area is 134 Å². The monoisotopic (exact) mass is 319 g/mol. The van der Waals surface area contributed by atoms with Crippen LogP contribution < -0.4 is 10.1 Å². The molecule has 1 unspecified atom stereocenters. The summed E-state index contributed by atoms with van der Waals surface area (Å²) in [4.78, 5) is 14.0. The van der Waals surface area contributed by atoms with E-state index in [1.54, 1.807) is 11.3 Å². The van der Waals surface area contributed by atoms with Crippen LogP contribution in [0.3, 0.4) is 0 Å². The smallest absolute Gasteiger partial charge is 0.225 e. The molecule has 0 bridgehead atoms. The molecule has 0 aliphatic carbocycles. The van der Waals surface area contributed by atoms with Gasteiger partial charge in [-0.15, -0.1) is 11.3 Å². The Morgan fingerprint density at radius 3 is 2.82 bits per heavy atom. The van der Waals surface area contributed by atoms with Crippen molar-refractivity contribution in [3.8, 4) is 5.75 Å². The first kappa shape index (κ1) is 16.5. The van der Waals surface area contributed by atoms with Crippen molar-refractivity contribution in [1.29, 1.82) is 0 Å². The summed E-state index contributed by atoms with van der Waals surface area (Å²) < 4.78 is 5.50. The molecule has 22 heavy (non-hydrogen) atoms. The number of thiophene rings is 1. The molecule has 2 aromatic rings. The maximum absolute atomic E-state index is 11.8. The van der Waals surface area contributed by atoms with Gasteiger partial charge in [0.15, 0.2) is 0 Å². The van der Waals surface area contributed by atoms with Crippen LogP contribution in [0, 0.1) is 13.8 Å². The van der Waals surface area contributed by atoms with Gasteiger partial charge < -0.3 is 15.2 Å². The van der Waals surface area contributed by atoms with Crippen molar-refractivity contribution in [2.45, 2.75) is 26.4 Å². The van der Waals surface area contributed by atoms with Gasteiger partial charge in [0, 0.05) is 16.3 Å². The number of benzene rings is 1. The summed E-state index contributed by atoms with van der Waals surface area (Å²) >= 11 is 1.61. The minimum atomic E-state index is -0.727. The molecular weight excluding hydrogens is 298 g/mol. The molecule has 0 fully saturated rings. The normalized spacial score (nSPS) is 12.0. The fourth-order valence-electron chi connectivity index (χ4n) is 1.99. The summed E-state index contributed by atoms with van der Waals surface area (Å²) in [6.07, 6.45) is -0.376. The molecule has 118 valence electrons. The number of ether oxygens (including phenoxy) is 1. The first-order valence-electron chi connectivity index (χ1n) is 7.22. The molecule has 1 aromatic heterocycles. The van der Waals surface area contributed by atoms with E-state index in [9.17, 15) is 9.90 Å². The average Bonchev–Trinajstić information content (AvgIpc) is 2.88. The highest BCUT2D eigenvalue weighted by Gasteiger charge is 2.09. The Hall–Kier alpha value is -1.85. The van der Waals surface area contributed by atoms with Gasteiger partial charge in [0.1, 0.15) is 18.5 Å². The summed E-state index contributed by atoms with van der Waals surface area (Å²) in [7, 11) is 0. The molecule has 1 amide bonds. The summed E-state index contributed by atoms with van der Waals surface area (Å²) in [6.45, 7) is 4.34. The Balaban J connectivity index is 1.68. The van der Waals surface area contributed by atoms with Gasteiger partial charge in [-0.05, 0) is 43.7 Å². The number of hydrogen-bond acceptors (Lipinski definition) is 4. The van der Waals surface area contributed by atoms with Gasteiger partial charge in [-0.1, -0.05) is 12.1 Å². The maximum Gasteiger partial charge on any atom is 0.225 e. The molecular formula is C17H21NO3S. The van der Waals surface area contributed by atoms with E-state index in [-0.39, 0.29) is 19.1 Å². The fourth-order valence-corrected chi connectivity index (χ4v) is 2.88. The molecule has 0 aliphatic heterocycles. The van der Waals surface area contributed by atoms with Crippen molar-refractivity contribution < 1.29 is 14.6 Å². The predicted octanol–water partition coefficient (Wildman–Crippen LogP) is 2.46. The highest BCUT2D eigenvalue weighted by molar-refractivity contribution is 7.12. The van der Waals surface area contributed by atoms with Crippen molar-refractivity contribution >= 4 is 17.2 Å². The van der Waals surface area contributed by atoms with Crippen LogP contribution in [-0.2, 0) is 11.2 Å². The number of hydrogen-bond donors (Lipinski definition) is 2. The molecule has 0 spiro atoms. The Morgan fingerprint density at radius 1 is 1.32 bits per heavy atom. The van der Waals surface area contributed by atoms with Crippen molar-refractivity contribution in [2.24, 2.45) is 0 Å². The molecule has 2 rings (SSSR count). The van der Waals surface area contributed by atoms with E-state index in [2.05, 4.69) is 5.32 Å². The van der Waals surface area contributed by atoms with Gasteiger partial charge in [0.25, 0.3) is 0 Å². The Kier molecular flexibility index (Phi) is 5.98. The molecule has 0 saturated carbocycles. The zero-order chi connectivity index (χ0) is 15.9. The van der Waals surface area contributed by atoms with Gasteiger partial charge in [-0.25, -0.2) is 0 Å². The van der Waals surface area contributed by atoms with Crippen LogP contribution in [0.5, 0.6) is 5.75 Å². The van der Waals surface area contributed by atoms with E-state index in [1.807, 2.05) is 50.2 Å². The lowest BCUT2D eigenvalue weighted by Gasteiger charge is -2.13. The minimum absolute atomic E-state index is 0.0866. The maximum atomic E-state index is 11.8. The van der Waals surface area contributed by atoms with Crippen LogP contribution in [0.1, 0.15) is 15.3 Å². The summed E-state index contributed by atoms with van der Waals surface area (Å²) in [5.41, 5.74) is 1.10. The number of rotatable bonds is 7. The second-order valence-electron chi connectivity index (χ2n) is 5.27. The van der Waals surface area contributed by atoms with E-state index < -0.39 is 6.10 Å². The Bertz CT molecular complexity index is 624. The fraction of sp³-hybridized carbons (Fsp3) is 0.353. The molecule has 1 heterocycles.